The number of nitrogens with two attached hydrogens (primary N) is 1. The van der Waals surface area contributed by atoms with E-state index in [1.54, 1.807) is 6.08 Å². The molecule has 0 spiro atoms. The standard InChI is InChI=1S/C25H32F2N2O3/c1-3-7-31-19-5-6-20-21(13-19)23(14-25(20)32-8-4-2)29-15-24(30)22(28)11-16-9-17(26)12-18(27)10-16/h4-6,9-10,12-13,22-25,29-30H,2-3,7-8,11,14-15,28H2,1H3/t22-,23?,24+,25?/m0/s1. The van der Waals surface area contributed by atoms with E-state index in [4.69, 9.17) is 15.2 Å². The van der Waals surface area contributed by atoms with Crippen LogP contribution in [0.2, 0.25) is 0 Å². The second-order valence-corrected chi connectivity index (χ2v) is 8.16. The number of hydrogen-bond donors (Lipinski definition) is 3. The number of nitrogens with one attached hydrogen (secondary N) is 1. The highest BCUT2D eigenvalue weighted by Gasteiger charge is 2.32. The molecule has 1 aliphatic rings. The lowest BCUT2D eigenvalue weighted by Gasteiger charge is -2.22. The molecule has 174 valence electrons. The first-order chi connectivity index (χ1) is 15.4. The Hall–Kier alpha value is -2.32. The molecule has 7 heteroatoms. The third kappa shape index (κ3) is 6.36. The molecule has 1 aliphatic carbocycles. The quantitative estimate of drug-likeness (QED) is 0.430. The van der Waals surface area contributed by atoms with Crippen molar-refractivity contribution in [1.29, 1.82) is 0 Å². The van der Waals surface area contributed by atoms with Gasteiger partial charge in [-0.2, -0.15) is 0 Å². The normalized spacial score (nSPS) is 19.4. The van der Waals surface area contributed by atoms with Crippen molar-refractivity contribution in [3.63, 3.8) is 0 Å². The molecule has 0 radical (unpaired) electrons. The average molecular weight is 447 g/mol. The molecule has 4 N–H and O–H groups in total. The van der Waals surface area contributed by atoms with Gasteiger partial charge in [0, 0.05) is 24.7 Å². The first kappa shape index (κ1) is 24.3. The molecule has 0 aromatic heterocycles. The van der Waals surface area contributed by atoms with Crippen molar-refractivity contribution in [2.45, 2.75) is 50.5 Å². The van der Waals surface area contributed by atoms with Crippen LogP contribution in [0.1, 0.15) is 48.6 Å². The number of fused-ring (bicyclic) bond motifs is 1. The maximum absolute atomic E-state index is 13.4. The van der Waals surface area contributed by atoms with Gasteiger partial charge in [-0.05, 0) is 60.2 Å². The van der Waals surface area contributed by atoms with Crippen molar-refractivity contribution in [2.75, 3.05) is 19.8 Å². The van der Waals surface area contributed by atoms with Gasteiger partial charge in [0.1, 0.15) is 17.4 Å². The van der Waals surface area contributed by atoms with Gasteiger partial charge in [-0.1, -0.05) is 19.1 Å². The van der Waals surface area contributed by atoms with Gasteiger partial charge >= 0.3 is 0 Å². The molecule has 5 nitrogen and oxygen atoms in total. The molecule has 2 aromatic rings. The molecule has 0 fully saturated rings. The Bertz CT molecular complexity index is 889. The Morgan fingerprint density at radius 3 is 2.66 bits per heavy atom. The zero-order valence-electron chi connectivity index (χ0n) is 18.4. The maximum atomic E-state index is 13.4. The molecule has 0 heterocycles. The minimum absolute atomic E-state index is 0.0431. The average Bonchev–Trinajstić information content (AvgIpc) is 3.10. The zero-order valence-corrected chi connectivity index (χ0v) is 18.4. The van der Waals surface area contributed by atoms with Crippen LogP contribution in [-0.2, 0) is 11.2 Å². The molecular weight excluding hydrogens is 414 g/mol. The summed E-state index contributed by atoms with van der Waals surface area (Å²) in [6.07, 6.45) is 2.54. The zero-order chi connectivity index (χ0) is 23.1. The highest BCUT2D eigenvalue weighted by Crippen LogP contribution is 2.42. The molecule has 2 aromatic carbocycles. The first-order valence-electron chi connectivity index (χ1n) is 11.0. The summed E-state index contributed by atoms with van der Waals surface area (Å²) < 4.78 is 38.6. The Morgan fingerprint density at radius 2 is 1.97 bits per heavy atom. The van der Waals surface area contributed by atoms with Crippen LogP contribution in [0.3, 0.4) is 0 Å². The molecule has 2 unspecified atom stereocenters. The van der Waals surface area contributed by atoms with Crippen molar-refractivity contribution in [3.05, 3.63) is 77.4 Å². The van der Waals surface area contributed by atoms with Crippen LogP contribution in [0.5, 0.6) is 5.75 Å². The highest BCUT2D eigenvalue weighted by atomic mass is 19.1. The fraction of sp³-hybridized carbons (Fsp3) is 0.440. The topological polar surface area (TPSA) is 76.7 Å². The van der Waals surface area contributed by atoms with Crippen LogP contribution >= 0.6 is 0 Å². The van der Waals surface area contributed by atoms with Crippen molar-refractivity contribution < 1.29 is 23.4 Å². The van der Waals surface area contributed by atoms with Crippen LogP contribution in [0.25, 0.3) is 0 Å². The molecule has 4 atom stereocenters. The van der Waals surface area contributed by atoms with E-state index in [1.165, 1.54) is 12.1 Å². The number of aliphatic hydroxyl groups excluding tert-OH is 1. The van der Waals surface area contributed by atoms with Gasteiger partial charge in [0.25, 0.3) is 0 Å². The second-order valence-electron chi connectivity index (χ2n) is 8.16. The fourth-order valence-corrected chi connectivity index (χ4v) is 4.01. The van der Waals surface area contributed by atoms with Gasteiger partial charge in [-0.15, -0.1) is 6.58 Å². The SMILES string of the molecule is C=CCOC1CC(NC[C@@H](O)[C@@H](N)Cc2cc(F)cc(F)c2)c2cc(OCCC)ccc21. The number of benzene rings is 2. The van der Waals surface area contributed by atoms with Crippen LogP contribution in [0, 0.1) is 11.6 Å². The molecular formula is C25H32F2N2O3. The van der Waals surface area contributed by atoms with Crippen molar-refractivity contribution >= 4 is 0 Å². The smallest absolute Gasteiger partial charge is 0.126 e. The van der Waals surface area contributed by atoms with Crippen LogP contribution in [-0.4, -0.2) is 37.0 Å². The predicted molar refractivity (Wildman–Crippen MR) is 121 cm³/mol. The van der Waals surface area contributed by atoms with Crippen LogP contribution < -0.4 is 15.8 Å². The summed E-state index contributed by atoms with van der Waals surface area (Å²) in [5, 5.41) is 13.9. The number of halogens is 2. The Balaban J connectivity index is 1.64. The summed E-state index contributed by atoms with van der Waals surface area (Å²) >= 11 is 0. The maximum Gasteiger partial charge on any atom is 0.126 e. The van der Waals surface area contributed by atoms with Gasteiger partial charge < -0.3 is 25.6 Å². The largest absolute Gasteiger partial charge is 0.494 e. The molecule has 3 rings (SSSR count). The Kier molecular flexibility index (Phi) is 8.75. The Labute approximate surface area is 188 Å². The summed E-state index contributed by atoms with van der Waals surface area (Å²) in [5.41, 5.74) is 8.68. The summed E-state index contributed by atoms with van der Waals surface area (Å²) in [5.74, 6) is -0.518. The van der Waals surface area contributed by atoms with E-state index in [0.29, 0.717) is 25.2 Å². The number of hydrogen-bond acceptors (Lipinski definition) is 5. The summed E-state index contributed by atoms with van der Waals surface area (Å²) in [4.78, 5) is 0. The molecule has 0 bridgehead atoms. The molecule has 0 saturated carbocycles. The number of ether oxygens (including phenoxy) is 2. The molecule has 0 amide bonds. The van der Waals surface area contributed by atoms with E-state index in [9.17, 15) is 13.9 Å². The van der Waals surface area contributed by atoms with Crippen LogP contribution in [0.15, 0.2) is 49.1 Å². The monoisotopic (exact) mass is 446 g/mol. The summed E-state index contributed by atoms with van der Waals surface area (Å²) in [7, 11) is 0. The molecule has 0 saturated heterocycles. The van der Waals surface area contributed by atoms with E-state index in [-0.39, 0.29) is 25.1 Å². The highest BCUT2D eigenvalue weighted by molar-refractivity contribution is 5.42. The van der Waals surface area contributed by atoms with Crippen LogP contribution in [0.4, 0.5) is 8.78 Å². The van der Waals surface area contributed by atoms with Gasteiger partial charge in [0.15, 0.2) is 0 Å². The van der Waals surface area contributed by atoms with E-state index in [1.807, 2.05) is 18.2 Å². The lowest BCUT2D eigenvalue weighted by Crippen LogP contribution is -2.43. The lowest BCUT2D eigenvalue weighted by atomic mass is 10.0. The van der Waals surface area contributed by atoms with Gasteiger partial charge in [0.2, 0.25) is 0 Å². The number of aliphatic hydroxyl groups is 1. The van der Waals surface area contributed by atoms with Gasteiger partial charge in [-0.25, -0.2) is 8.78 Å². The minimum Gasteiger partial charge on any atom is -0.494 e. The number of rotatable bonds is 12. The molecule has 32 heavy (non-hydrogen) atoms. The van der Waals surface area contributed by atoms with Crippen molar-refractivity contribution in [3.8, 4) is 5.75 Å². The minimum atomic E-state index is -0.891. The Morgan fingerprint density at radius 1 is 1.22 bits per heavy atom. The van der Waals surface area contributed by atoms with E-state index >= 15 is 0 Å². The van der Waals surface area contributed by atoms with Gasteiger partial charge in [0.05, 0.1) is 25.4 Å². The molecule has 0 aliphatic heterocycles. The summed E-state index contributed by atoms with van der Waals surface area (Å²) in [6, 6.07) is 8.55. The first-order valence-corrected chi connectivity index (χ1v) is 11.0. The van der Waals surface area contributed by atoms with E-state index in [0.717, 1.165) is 29.4 Å². The lowest BCUT2D eigenvalue weighted by molar-refractivity contribution is 0.0678. The second kappa shape index (κ2) is 11.5. The third-order valence-corrected chi connectivity index (χ3v) is 5.58. The van der Waals surface area contributed by atoms with E-state index < -0.39 is 23.8 Å². The third-order valence-electron chi connectivity index (χ3n) is 5.58. The predicted octanol–water partition coefficient (Wildman–Crippen LogP) is 3.96. The fourth-order valence-electron chi connectivity index (χ4n) is 4.01. The van der Waals surface area contributed by atoms with Crippen molar-refractivity contribution in [2.24, 2.45) is 5.73 Å². The van der Waals surface area contributed by atoms with Gasteiger partial charge in [-0.3, -0.25) is 0 Å². The summed E-state index contributed by atoms with van der Waals surface area (Å²) in [6.45, 7) is 7.09. The van der Waals surface area contributed by atoms with E-state index in [2.05, 4.69) is 18.8 Å². The van der Waals surface area contributed by atoms with Crippen molar-refractivity contribution in [1.82, 2.24) is 5.32 Å².